The number of sulfonamides is 2. The maximum Gasteiger partial charge on any atom is 0.262 e. The van der Waals surface area contributed by atoms with Gasteiger partial charge in [-0.05, 0) is 49.2 Å². The highest BCUT2D eigenvalue weighted by atomic mass is 35.5. The zero-order valence-electron chi connectivity index (χ0n) is 18.9. The number of amides is 1. The van der Waals surface area contributed by atoms with Crippen LogP contribution in [0.5, 0.6) is 5.75 Å². The summed E-state index contributed by atoms with van der Waals surface area (Å²) in [7, 11) is -4.51. The van der Waals surface area contributed by atoms with Crippen molar-refractivity contribution in [2.24, 2.45) is 0 Å². The van der Waals surface area contributed by atoms with Gasteiger partial charge in [0.05, 0.1) is 14.8 Å². The third-order valence-corrected chi connectivity index (χ3v) is 8.22. The first-order valence-electron chi connectivity index (χ1n) is 10.1. The molecule has 0 atom stereocenters. The van der Waals surface area contributed by atoms with Crippen molar-refractivity contribution in [3.8, 4) is 5.75 Å². The predicted molar refractivity (Wildman–Crippen MR) is 128 cm³/mol. The summed E-state index contributed by atoms with van der Waals surface area (Å²) in [4.78, 5) is 12.4. The van der Waals surface area contributed by atoms with Gasteiger partial charge in [0.15, 0.2) is 6.61 Å². The van der Waals surface area contributed by atoms with E-state index in [1.165, 1.54) is 44.4 Å². The molecule has 0 aliphatic heterocycles. The van der Waals surface area contributed by atoms with Gasteiger partial charge in [-0.1, -0.05) is 31.0 Å². The SMILES string of the molecule is CCCCNS(=O)(=O)c1ccc(OCC(=O)Nc2cc(S(=O)(=O)N(C)C)ccc2C)c(Cl)c1. The standard InChI is InChI=1S/C21H28ClN3O6S2/c1-5-6-11-23-32(27,28)16-9-10-20(18(22)12-16)31-14-21(26)24-19-13-17(8-7-15(19)2)33(29,30)25(3)4/h7-10,12-13,23H,5-6,11,14H2,1-4H3,(H,24,26). The van der Waals surface area contributed by atoms with Crippen molar-refractivity contribution in [2.45, 2.75) is 36.5 Å². The summed E-state index contributed by atoms with van der Waals surface area (Å²) in [5.41, 5.74) is 1.00. The molecule has 2 aromatic rings. The lowest BCUT2D eigenvalue weighted by Crippen LogP contribution is -2.25. The third kappa shape index (κ3) is 7.15. The average molecular weight is 518 g/mol. The second-order valence-electron chi connectivity index (χ2n) is 7.44. The first kappa shape index (κ1) is 27.1. The van der Waals surface area contributed by atoms with Gasteiger partial charge in [-0.2, -0.15) is 0 Å². The fourth-order valence-corrected chi connectivity index (χ4v) is 5.00. The molecule has 2 aromatic carbocycles. The molecule has 0 aliphatic rings. The van der Waals surface area contributed by atoms with Gasteiger partial charge in [-0.15, -0.1) is 0 Å². The summed E-state index contributed by atoms with van der Waals surface area (Å²) in [6, 6.07) is 8.40. The molecule has 9 nitrogen and oxygen atoms in total. The largest absolute Gasteiger partial charge is 0.482 e. The number of ether oxygens (including phenoxy) is 1. The average Bonchev–Trinajstić information content (AvgIpc) is 2.74. The molecule has 0 saturated heterocycles. The second-order valence-corrected chi connectivity index (χ2v) is 11.8. The molecular weight excluding hydrogens is 490 g/mol. The molecular formula is C21H28ClN3O6S2. The lowest BCUT2D eigenvalue weighted by atomic mass is 10.2. The van der Waals surface area contributed by atoms with Crippen molar-refractivity contribution < 1.29 is 26.4 Å². The Morgan fingerprint density at radius 2 is 1.73 bits per heavy atom. The Kier molecular flexibility index (Phi) is 9.27. The van der Waals surface area contributed by atoms with Crippen LogP contribution in [0.15, 0.2) is 46.2 Å². The number of hydrogen-bond donors (Lipinski definition) is 2. The molecule has 0 bridgehead atoms. The van der Waals surface area contributed by atoms with E-state index in [0.717, 1.165) is 10.7 Å². The van der Waals surface area contributed by atoms with Gasteiger partial charge >= 0.3 is 0 Å². The van der Waals surface area contributed by atoms with Crippen LogP contribution < -0.4 is 14.8 Å². The van der Waals surface area contributed by atoms with E-state index in [2.05, 4.69) is 10.0 Å². The highest BCUT2D eigenvalue weighted by Gasteiger charge is 2.19. The van der Waals surface area contributed by atoms with E-state index in [1.807, 2.05) is 6.92 Å². The van der Waals surface area contributed by atoms with Crippen LogP contribution in [-0.4, -0.2) is 54.3 Å². The number of rotatable bonds is 11. The van der Waals surface area contributed by atoms with Gasteiger partial charge in [0, 0.05) is 26.3 Å². The molecule has 0 fully saturated rings. The lowest BCUT2D eigenvalue weighted by molar-refractivity contribution is -0.118. The fourth-order valence-electron chi connectivity index (χ4n) is 2.67. The van der Waals surface area contributed by atoms with Gasteiger partial charge in [0.25, 0.3) is 5.91 Å². The molecule has 12 heteroatoms. The Labute approximate surface area is 200 Å². The zero-order chi connectivity index (χ0) is 24.8. The fraction of sp³-hybridized carbons (Fsp3) is 0.381. The van der Waals surface area contributed by atoms with Crippen LogP contribution in [0.2, 0.25) is 5.02 Å². The van der Waals surface area contributed by atoms with Crippen molar-refractivity contribution in [3.05, 3.63) is 47.0 Å². The van der Waals surface area contributed by atoms with Crippen LogP contribution >= 0.6 is 11.6 Å². The van der Waals surface area contributed by atoms with Crippen LogP contribution in [-0.2, 0) is 24.8 Å². The van der Waals surface area contributed by atoms with Crippen LogP contribution in [0, 0.1) is 6.92 Å². The van der Waals surface area contributed by atoms with Gasteiger partial charge in [-0.25, -0.2) is 25.9 Å². The van der Waals surface area contributed by atoms with Crippen molar-refractivity contribution in [3.63, 3.8) is 0 Å². The van der Waals surface area contributed by atoms with Gasteiger partial charge in [-0.3, -0.25) is 4.79 Å². The van der Waals surface area contributed by atoms with E-state index in [-0.39, 0.29) is 20.6 Å². The topological polar surface area (TPSA) is 122 Å². The summed E-state index contributed by atoms with van der Waals surface area (Å²) in [5.74, 6) is -0.397. The molecule has 2 rings (SSSR count). The minimum absolute atomic E-state index is 0.00468. The Bertz CT molecular complexity index is 1210. The van der Waals surface area contributed by atoms with Crippen molar-refractivity contribution in [1.29, 1.82) is 0 Å². The molecule has 0 aliphatic carbocycles. The highest BCUT2D eigenvalue weighted by Crippen LogP contribution is 2.27. The number of benzene rings is 2. The summed E-state index contributed by atoms with van der Waals surface area (Å²) in [5, 5.41) is 2.66. The molecule has 33 heavy (non-hydrogen) atoms. The van der Waals surface area contributed by atoms with Gasteiger partial charge in [0.1, 0.15) is 5.75 Å². The minimum Gasteiger partial charge on any atom is -0.482 e. The number of anilines is 1. The van der Waals surface area contributed by atoms with Gasteiger partial charge in [0.2, 0.25) is 20.0 Å². The van der Waals surface area contributed by atoms with Crippen molar-refractivity contribution in [1.82, 2.24) is 9.03 Å². The Balaban J connectivity index is 2.07. The zero-order valence-corrected chi connectivity index (χ0v) is 21.3. The Hall–Kier alpha value is -2.18. The number of halogens is 1. The third-order valence-electron chi connectivity index (χ3n) is 4.66. The number of hydrogen-bond acceptors (Lipinski definition) is 6. The summed E-state index contributed by atoms with van der Waals surface area (Å²) in [6.07, 6.45) is 1.57. The summed E-state index contributed by atoms with van der Waals surface area (Å²) < 4.78 is 58.2. The van der Waals surface area contributed by atoms with Crippen LogP contribution in [0.25, 0.3) is 0 Å². The lowest BCUT2D eigenvalue weighted by Gasteiger charge is -2.15. The van der Waals surface area contributed by atoms with Crippen LogP contribution in [0.3, 0.4) is 0 Å². The Morgan fingerprint density at radius 3 is 2.33 bits per heavy atom. The number of aryl methyl sites for hydroxylation is 1. The van der Waals surface area contributed by atoms with E-state index >= 15 is 0 Å². The smallest absolute Gasteiger partial charge is 0.262 e. The maximum absolute atomic E-state index is 12.4. The van der Waals surface area contributed by atoms with E-state index in [0.29, 0.717) is 24.2 Å². The molecule has 0 spiro atoms. The van der Waals surface area contributed by atoms with Crippen molar-refractivity contribution in [2.75, 3.05) is 32.6 Å². The molecule has 0 aromatic heterocycles. The predicted octanol–water partition coefficient (Wildman–Crippen LogP) is 2.99. The van der Waals surface area contributed by atoms with Crippen LogP contribution in [0.1, 0.15) is 25.3 Å². The first-order valence-corrected chi connectivity index (χ1v) is 13.4. The normalized spacial score (nSPS) is 12.1. The van der Waals surface area contributed by atoms with Crippen molar-refractivity contribution >= 4 is 43.2 Å². The van der Waals surface area contributed by atoms with Gasteiger partial charge < -0.3 is 10.1 Å². The molecule has 182 valence electrons. The molecule has 2 N–H and O–H groups in total. The van der Waals surface area contributed by atoms with E-state index in [9.17, 15) is 21.6 Å². The number of nitrogens with one attached hydrogen (secondary N) is 2. The summed E-state index contributed by atoms with van der Waals surface area (Å²) >= 11 is 6.15. The number of unbranched alkanes of at least 4 members (excludes halogenated alkanes) is 1. The van der Waals surface area contributed by atoms with E-state index < -0.39 is 32.6 Å². The molecule has 0 heterocycles. The number of carbonyl (C=O) groups is 1. The molecule has 0 unspecified atom stereocenters. The quantitative estimate of drug-likeness (QED) is 0.442. The minimum atomic E-state index is -3.69. The molecule has 1 amide bonds. The molecule has 0 saturated carbocycles. The van der Waals surface area contributed by atoms with E-state index in [4.69, 9.17) is 16.3 Å². The monoisotopic (exact) mass is 517 g/mol. The number of nitrogens with zero attached hydrogens (tertiary/aromatic N) is 1. The molecule has 0 radical (unpaired) electrons. The second kappa shape index (κ2) is 11.3. The summed E-state index contributed by atoms with van der Waals surface area (Å²) in [6.45, 7) is 3.60. The number of carbonyl (C=O) groups excluding carboxylic acids is 1. The maximum atomic E-state index is 12.4. The van der Waals surface area contributed by atoms with E-state index in [1.54, 1.807) is 13.0 Å². The highest BCUT2D eigenvalue weighted by molar-refractivity contribution is 7.89. The first-order chi connectivity index (χ1) is 15.4. The van der Waals surface area contributed by atoms with Crippen LogP contribution in [0.4, 0.5) is 5.69 Å². The Morgan fingerprint density at radius 1 is 1.06 bits per heavy atom.